The van der Waals surface area contributed by atoms with Gasteiger partial charge < -0.3 is 19.7 Å². The third-order valence-corrected chi connectivity index (χ3v) is 8.81. The third-order valence-electron chi connectivity index (χ3n) is 8.81. The number of anilines is 1. The first-order valence-electron chi connectivity index (χ1n) is 13.9. The SMILES string of the molecule is Fc1c(-c2ccccc2OC(F)(F)F)ncc2c(N3C[C@H]4CC[C@@H](C3)N4)nc(OCC34CCCN3CCC4)nc12. The molecule has 6 heterocycles. The van der Waals surface area contributed by atoms with Crippen LogP contribution in [0.1, 0.15) is 38.5 Å². The Morgan fingerprint density at radius 2 is 1.75 bits per heavy atom. The molecule has 4 fully saturated rings. The summed E-state index contributed by atoms with van der Waals surface area (Å²) in [7, 11) is 0. The molecule has 0 saturated carbocycles. The molecule has 4 aliphatic rings. The van der Waals surface area contributed by atoms with Gasteiger partial charge in [0.25, 0.3) is 0 Å². The lowest BCUT2D eigenvalue weighted by molar-refractivity contribution is -0.274. The van der Waals surface area contributed by atoms with Crippen LogP contribution in [0, 0.1) is 5.82 Å². The minimum Gasteiger partial charge on any atom is -0.461 e. The summed E-state index contributed by atoms with van der Waals surface area (Å²) in [5.41, 5.74) is -0.485. The molecule has 7 rings (SSSR count). The Morgan fingerprint density at radius 1 is 1.02 bits per heavy atom. The van der Waals surface area contributed by atoms with Crippen LogP contribution >= 0.6 is 0 Å². The molecular weight excluding hydrogens is 528 g/mol. The van der Waals surface area contributed by atoms with E-state index in [2.05, 4.69) is 29.8 Å². The number of fused-ring (bicyclic) bond motifs is 4. The predicted molar refractivity (Wildman–Crippen MR) is 140 cm³/mol. The van der Waals surface area contributed by atoms with Gasteiger partial charge in [0.2, 0.25) is 0 Å². The number of benzene rings is 1. The summed E-state index contributed by atoms with van der Waals surface area (Å²) < 4.78 is 65.9. The molecule has 1 N–H and O–H groups in total. The van der Waals surface area contributed by atoms with Gasteiger partial charge in [-0.05, 0) is 63.7 Å². The zero-order chi connectivity index (χ0) is 27.5. The average Bonchev–Trinajstić information content (AvgIpc) is 3.61. The summed E-state index contributed by atoms with van der Waals surface area (Å²) >= 11 is 0. The highest BCUT2D eigenvalue weighted by atomic mass is 19.4. The van der Waals surface area contributed by atoms with Crippen LogP contribution in [0.5, 0.6) is 11.8 Å². The van der Waals surface area contributed by atoms with Gasteiger partial charge in [-0.3, -0.25) is 9.88 Å². The van der Waals surface area contributed by atoms with E-state index in [9.17, 15) is 13.2 Å². The van der Waals surface area contributed by atoms with E-state index < -0.39 is 17.9 Å². The largest absolute Gasteiger partial charge is 0.573 e. The highest BCUT2D eigenvalue weighted by Gasteiger charge is 2.45. The Balaban J connectivity index is 1.31. The number of pyridine rings is 1. The van der Waals surface area contributed by atoms with E-state index in [0.29, 0.717) is 43.0 Å². The second kappa shape index (κ2) is 9.69. The fourth-order valence-corrected chi connectivity index (χ4v) is 7.02. The summed E-state index contributed by atoms with van der Waals surface area (Å²) in [5.74, 6) is -0.848. The number of rotatable bonds is 6. The van der Waals surface area contributed by atoms with Gasteiger partial charge in [-0.1, -0.05) is 12.1 Å². The second-order valence-corrected chi connectivity index (χ2v) is 11.3. The zero-order valence-corrected chi connectivity index (χ0v) is 21.9. The predicted octanol–water partition coefficient (Wildman–Crippen LogP) is 4.68. The van der Waals surface area contributed by atoms with Gasteiger partial charge in [0.15, 0.2) is 5.82 Å². The minimum atomic E-state index is -4.94. The molecule has 3 aromatic rings. The van der Waals surface area contributed by atoms with E-state index in [1.54, 1.807) is 0 Å². The number of nitrogens with one attached hydrogen (secondary N) is 1. The maximum absolute atomic E-state index is 16.2. The highest BCUT2D eigenvalue weighted by Crippen LogP contribution is 2.41. The molecule has 12 heteroatoms. The van der Waals surface area contributed by atoms with E-state index in [4.69, 9.17) is 9.72 Å². The van der Waals surface area contributed by atoms with Crippen molar-refractivity contribution in [3.05, 3.63) is 36.3 Å². The molecule has 40 heavy (non-hydrogen) atoms. The molecule has 0 radical (unpaired) electrons. The van der Waals surface area contributed by atoms with E-state index in [1.807, 2.05) is 0 Å². The maximum atomic E-state index is 16.2. The molecule has 212 valence electrons. The molecule has 1 aromatic carbocycles. The Hall–Kier alpha value is -3.25. The van der Waals surface area contributed by atoms with Crippen LogP contribution in [0.3, 0.4) is 0 Å². The summed E-state index contributed by atoms with van der Waals surface area (Å²) in [6, 6.07) is 6.07. The van der Waals surface area contributed by atoms with E-state index in [-0.39, 0.29) is 28.3 Å². The van der Waals surface area contributed by atoms with Crippen molar-refractivity contribution in [3.63, 3.8) is 0 Å². The topological polar surface area (TPSA) is 75.6 Å². The molecule has 2 atom stereocenters. The first-order valence-corrected chi connectivity index (χ1v) is 13.9. The zero-order valence-electron chi connectivity index (χ0n) is 21.9. The number of hydrogen-bond donors (Lipinski definition) is 1. The standard InChI is InChI=1S/C28H30F4N6O2/c29-22-23(19-5-1-2-6-21(19)40-28(30,31)32)33-13-20-24(22)35-26(39-16-27-9-3-11-38(27)12-4-10-27)36-25(20)37-14-17-7-8-18(15-37)34-17/h1-2,5-6,13,17-18,34H,3-4,7-12,14-16H2/t17-,18+. The first-order chi connectivity index (χ1) is 19.3. The minimum absolute atomic E-state index is 0.0371. The molecular formula is C28H30F4N6O2. The lowest BCUT2D eigenvalue weighted by atomic mass is 9.95. The average molecular weight is 559 g/mol. The van der Waals surface area contributed by atoms with Crippen molar-refractivity contribution in [3.8, 4) is 23.0 Å². The number of ether oxygens (including phenoxy) is 2. The van der Waals surface area contributed by atoms with Crippen molar-refractivity contribution in [1.29, 1.82) is 0 Å². The van der Waals surface area contributed by atoms with Crippen LogP contribution in [-0.2, 0) is 0 Å². The molecule has 8 nitrogen and oxygen atoms in total. The smallest absolute Gasteiger partial charge is 0.461 e. The van der Waals surface area contributed by atoms with Crippen LogP contribution in [-0.4, -0.2) is 76.6 Å². The number of nitrogens with zero attached hydrogens (tertiary/aromatic N) is 5. The van der Waals surface area contributed by atoms with E-state index >= 15 is 4.39 Å². The normalized spacial score (nSPS) is 24.1. The number of hydrogen-bond acceptors (Lipinski definition) is 8. The Morgan fingerprint density at radius 3 is 2.48 bits per heavy atom. The maximum Gasteiger partial charge on any atom is 0.573 e. The fraction of sp³-hybridized carbons (Fsp3) is 0.536. The van der Waals surface area contributed by atoms with E-state index in [0.717, 1.165) is 57.7 Å². The summed E-state index contributed by atoms with van der Waals surface area (Å²) in [4.78, 5) is 18.1. The first kappa shape index (κ1) is 25.7. The Kier molecular flexibility index (Phi) is 6.23. The summed E-state index contributed by atoms with van der Waals surface area (Å²) in [6.07, 6.45) is 2.90. The van der Waals surface area contributed by atoms with Gasteiger partial charge in [-0.2, -0.15) is 9.97 Å². The van der Waals surface area contributed by atoms with Crippen molar-refractivity contribution in [2.75, 3.05) is 37.7 Å². The number of para-hydroxylation sites is 1. The van der Waals surface area contributed by atoms with Gasteiger partial charge in [0, 0.05) is 36.9 Å². The van der Waals surface area contributed by atoms with Crippen molar-refractivity contribution in [2.45, 2.75) is 62.5 Å². The number of piperazine rings is 1. The third kappa shape index (κ3) is 4.60. The van der Waals surface area contributed by atoms with Gasteiger partial charge >= 0.3 is 12.4 Å². The number of alkyl halides is 3. The van der Waals surface area contributed by atoms with Gasteiger partial charge in [-0.15, -0.1) is 13.2 Å². The van der Waals surface area contributed by atoms with Gasteiger partial charge in [0.1, 0.15) is 29.4 Å². The Labute approximate surface area is 228 Å². The molecule has 2 aromatic heterocycles. The van der Waals surface area contributed by atoms with Crippen molar-refractivity contribution in [2.24, 2.45) is 0 Å². The fourth-order valence-electron chi connectivity index (χ4n) is 7.02. The summed E-state index contributed by atoms with van der Waals surface area (Å²) in [5, 5.41) is 3.98. The molecule has 0 unspecified atom stereocenters. The monoisotopic (exact) mass is 558 g/mol. The van der Waals surface area contributed by atoms with Crippen LogP contribution in [0.4, 0.5) is 23.4 Å². The van der Waals surface area contributed by atoms with Crippen LogP contribution in [0.25, 0.3) is 22.2 Å². The molecule has 4 saturated heterocycles. The van der Waals surface area contributed by atoms with Crippen LogP contribution < -0.4 is 19.7 Å². The molecule has 4 aliphatic heterocycles. The quantitative estimate of drug-likeness (QED) is 0.438. The number of halogens is 4. The van der Waals surface area contributed by atoms with Crippen molar-refractivity contribution < 1.29 is 27.0 Å². The number of aromatic nitrogens is 3. The highest BCUT2D eigenvalue weighted by molar-refractivity contribution is 5.92. The second-order valence-electron chi connectivity index (χ2n) is 11.3. The van der Waals surface area contributed by atoms with Crippen LogP contribution in [0.2, 0.25) is 0 Å². The molecule has 0 spiro atoms. The van der Waals surface area contributed by atoms with Crippen molar-refractivity contribution >= 4 is 16.7 Å². The molecule has 2 bridgehead atoms. The van der Waals surface area contributed by atoms with Gasteiger partial charge in [-0.25, -0.2) is 4.39 Å². The molecule has 0 aliphatic carbocycles. The lowest BCUT2D eigenvalue weighted by Gasteiger charge is -2.34. The lowest BCUT2D eigenvalue weighted by Crippen LogP contribution is -2.51. The molecule has 0 amide bonds. The Bertz CT molecular complexity index is 1410. The van der Waals surface area contributed by atoms with Crippen LogP contribution in [0.15, 0.2) is 30.5 Å². The van der Waals surface area contributed by atoms with Crippen molar-refractivity contribution in [1.82, 2.24) is 25.2 Å². The van der Waals surface area contributed by atoms with Gasteiger partial charge in [0.05, 0.1) is 10.9 Å². The summed E-state index contributed by atoms with van der Waals surface area (Å²) in [6.45, 7) is 3.89. The van der Waals surface area contributed by atoms with E-state index in [1.165, 1.54) is 24.4 Å².